The van der Waals surface area contributed by atoms with Crippen molar-refractivity contribution >= 4 is 7.60 Å². The Morgan fingerprint density at radius 3 is 1.95 bits per heavy atom. The molecule has 1 atom stereocenters. The minimum Gasteiger partial charge on any atom is -0.381 e. The molecule has 0 aromatic rings. The van der Waals surface area contributed by atoms with E-state index < -0.39 is 7.60 Å². The Morgan fingerprint density at radius 1 is 0.857 bits per heavy atom. The van der Waals surface area contributed by atoms with Gasteiger partial charge >= 0.3 is 7.60 Å². The van der Waals surface area contributed by atoms with Crippen molar-refractivity contribution in [1.29, 1.82) is 0 Å². The minimum absolute atomic E-state index is 0.295. The summed E-state index contributed by atoms with van der Waals surface area (Å²) < 4.78 is 22.0. The highest BCUT2D eigenvalue weighted by molar-refractivity contribution is 7.53. The summed E-state index contributed by atoms with van der Waals surface area (Å²) in [6, 6.07) is 0. The van der Waals surface area contributed by atoms with Gasteiger partial charge in [0.15, 0.2) is 0 Å². The number of ether oxygens (including phenoxy) is 1. The predicted octanol–water partition coefficient (Wildman–Crippen LogP) is 5.14. The zero-order valence-corrected chi connectivity index (χ0v) is 15.1. The van der Waals surface area contributed by atoms with Crippen molar-refractivity contribution in [3.05, 3.63) is 0 Å². The van der Waals surface area contributed by atoms with E-state index in [1.54, 1.807) is 13.8 Å². The topological polar surface area (TPSA) is 55.8 Å². The molecule has 0 aromatic carbocycles. The molecule has 0 amide bonds. The van der Waals surface area contributed by atoms with Crippen LogP contribution >= 0.6 is 7.60 Å². The molecule has 0 saturated carbocycles. The summed E-state index contributed by atoms with van der Waals surface area (Å²) in [5.74, 6) is 0. The lowest BCUT2D eigenvalue weighted by atomic mass is 10.1. The van der Waals surface area contributed by atoms with Crippen LogP contribution in [0.4, 0.5) is 0 Å². The molecule has 0 aliphatic carbocycles. The zero-order chi connectivity index (χ0) is 16.0. The fourth-order valence-electron chi connectivity index (χ4n) is 1.95. The van der Waals surface area contributed by atoms with Crippen molar-refractivity contribution in [3.8, 4) is 0 Å². The van der Waals surface area contributed by atoms with Crippen LogP contribution < -0.4 is 0 Å². The fourth-order valence-corrected chi connectivity index (χ4v) is 2.63. The Labute approximate surface area is 131 Å². The molecule has 5 heteroatoms. The second kappa shape index (κ2) is 13.8. The van der Waals surface area contributed by atoms with Gasteiger partial charge in [-0.15, -0.1) is 0 Å². The third-order valence-corrected chi connectivity index (χ3v) is 5.36. The van der Waals surface area contributed by atoms with E-state index in [2.05, 4.69) is 6.92 Å². The Bertz CT molecular complexity index is 269. The molecule has 128 valence electrons. The van der Waals surface area contributed by atoms with E-state index in [1.165, 1.54) is 44.9 Å². The normalized spacial score (nSPS) is 14.5. The van der Waals surface area contributed by atoms with Gasteiger partial charge < -0.3 is 14.2 Å². The molecule has 0 bridgehead atoms. The van der Waals surface area contributed by atoms with Crippen molar-refractivity contribution in [2.75, 3.05) is 19.8 Å². The van der Waals surface area contributed by atoms with E-state index in [1.807, 2.05) is 0 Å². The first-order chi connectivity index (χ1) is 10.0. The summed E-state index contributed by atoms with van der Waals surface area (Å²) >= 11 is 0. The van der Waals surface area contributed by atoms with Gasteiger partial charge in [-0.2, -0.15) is 0 Å². The molecule has 0 rings (SSSR count). The third kappa shape index (κ3) is 13.5. The highest BCUT2D eigenvalue weighted by Crippen LogP contribution is 2.46. The Balaban J connectivity index is 3.18. The summed E-state index contributed by atoms with van der Waals surface area (Å²) in [6.45, 7) is 7.32. The fraction of sp³-hybridized carbons (Fsp3) is 1.00. The summed E-state index contributed by atoms with van der Waals surface area (Å²) in [4.78, 5) is 9.46. The zero-order valence-electron chi connectivity index (χ0n) is 14.2. The van der Waals surface area contributed by atoms with Crippen LogP contribution in [-0.4, -0.2) is 30.4 Å². The maximum atomic E-state index is 11.5. The lowest BCUT2D eigenvalue weighted by Gasteiger charge is -2.15. The van der Waals surface area contributed by atoms with Crippen molar-refractivity contribution in [2.24, 2.45) is 0 Å². The van der Waals surface area contributed by atoms with Gasteiger partial charge in [0.05, 0.1) is 12.3 Å². The molecule has 0 spiro atoms. The van der Waals surface area contributed by atoms with Crippen LogP contribution in [-0.2, 0) is 13.8 Å². The van der Waals surface area contributed by atoms with E-state index in [4.69, 9.17) is 9.26 Å². The van der Waals surface area contributed by atoms with Gasteiger partial charge in [-0.1, -0.05) is 65.7 Å². The third-order valence-electron chi connectivity index (χ3n) is 3.50. The van der Waals surface area contributed by atoms with E-state index in [9.17, 15) is 9.46 Å². The molecule has 21 heavy (non-hydrogen) atoms. The lowest BCUT2D eigenvalue weighted by Crippen LogP contribution is -2.05. The first-order valence-electron chi connectivity index (χ1n) is 8.55. The van der Waals surface area contributed by atoms with Gasteiger partial charge in [0.2, 0.25) is 0 Å². The van der Waals surface area contributed by atoms with E-state index in [-0.39, 0.29) is 5.66 Å². The Hall–Kier alpha value is 0.110. The number of hydrogen-bond donors (Lipinski definition) is 1. The highest BCUT2D eigenvalue weighted by Gasteiger charge is 2.23. The summed E-state index contributed by atoms with van der Waals surface area (Å²) in [6.07, 6.45) is 11.1. The molecule has 0 aliphatic heterocycles. The van der Waals surface area contributed by atoms with Gasteiger partial charge in [0.1, 0.15) is 0 Å². The summed E-state index contributed by atoms with van der Waals surface area (Å²) in [7, 11) is -3.40. The number of hydrogen-bond acceptors (Lipinski definition) is 3. The van der Waals surface area contributed by atoms with Gasteiger partial charge in [0.25, 0.3) is 0 Å². The minimum atomic E-state index is -3.40. The first kappa shape index (κ1) is 21.1. The van der Waals surface area contributed by atoms with Crippen LogP contribution in [0.5, 0.6) is 0 Å². The molecule has 1 unspecified atom stereocenters. The van der Waals surface area contributed by atoms with Crippen LogP contribution in [0.15, 0.2) is 0 Å². The number of unbranched alkanes of at least 4 members (excludes halogenated alkanes) is 7. The predicted molar refractivity (Wildman–Crippen MR) is 89.0 cm³/mol. The molecule has 4 nitrogen and oxygen atoms in total. The molecule has 0 aliphatic rings. The summed E-state index contributed by atoms with van der Waals surface area (Å²) in [5, 5.41) is 0. The van der Waals surface area contributed by atoms with Crippen LogP contribution in [0.3, 0.4) is 0 Å². The van der Waals surface area contributed by atoms with Crippen molar-refractivity contribution in [3.63, 3.8) is 0 Å². The monoisotopic (exact) mass is 322 g/mol. The van der Waals surface area contributed by atoms with Crippen LogP contribution in [0.25, 0.3) is 0 Å². The van der Waals surface area contributed by atoms with Crippen molar-refractivity contribution in [2.45, 2.75) is 84.2 Å². The highest BCUT2D eigenvalue weighted by atomic mass is 31.2. The molecular formula is C16H35O4P. The molecule has 0 heterocycles. The van der Waals surface area contributed by atoms with Gasteiger partial charge in [-0.3, -0.25) is 4.57 Å². The molecule has 1 N–H and O–H groups in total. The molecular weight excluding hydrogens is 287 g/mol. The lowest BCUT2D eigenvalue weighted by molar-refractivity contribution is 0.113. The second-order valence-corrected chi connectivity index (χ2v) is 8.35. The molecule has 0 radical (unpaired) electrons. The van der Waals surface area contributed by atoms with Crippen molar-refractivity contribution < 1.29 is 18.7 Å². The maximum absolute atomic E-state index is 11.5. The van der Waals surface area contributed by atoms with Gasteiger partial charge in [-0.25, -0.2) is 0 Å². The maximum Gasteiger partial charge on any atom is 0.330 e. The standard InChI is InChI=1S/C16H35O4P/c1-4-5-6-7-8-9-10-11-13-19-14-12-15-20-21(17,18)16(2)3/h16H,4-15H2,1-3H3,(H,17,18). The van der Waals surface area contributed by atoms with Crippen LogP contribution in [0.2, 0.25) is 0 Å². The SMILES string of the molecule is CCCCCCCCCCOCCCOP(=O)(O)C(C)C. The quantitative estimate of drug-likeness (QED) is 0.335. The smallest absolute Gasteiger partial charge is 0.330 e. The van der Waals surface area contributed by atoms with Crippen LogP contribution in [0.1, 0.15) is 78.6 Å². The second-order valence-electron chi connectivity index (χ2n) is 5.93. The Morgan fingerprint density at radius 2 is 1.38 bits per heavy atom. The van der Waals surface area contributed by atoms with Crippen molar-refractivity contribution in [1.82, 2.24) is 0 Å². The van der Waals surface area contributed by atoms with Crippen LogP contribution in [0, 0.1) is 0 Å². The van der Waals surface area contributed by atoms with Gasteiger partial charge in [-0.05, 0) is 12.8 Å². The van der Waals surface area contributed by atoms with E-state index in [0.717, 1.165) is 13.0 Å². The Kier molecular flexibility index (Phi) is 13.8. The molecule has 0 saturated heterocycles. The first-order valence-corrected chi connectivity index (χ1v) is 10.2. The van der Waals surface area contributed by atoms with E-state index in [0.29, 0.717) is 19.6 Å². The summed E-state index contributed by atoms with van der Waals surface area (Å²) in [5.41, 5.74) is -0.337. The molecule has 0 fully saturated rings. The average Bonchev–Trinajstić information content (AvgIpc) is 2.43. The average molecular weight is 322 g/mol. The largest absolute Gasteiger partial charge is 0.381 e. The molecule has 0 aromatic heterocycles. The van der Waals surface area contributed by atoms with Gasteiger partial charge in [0, 0.05) is 13.2 Å². The number of rotatable bonds is 15. The van der Waals surface area contributed by atoms with E-state index >= 15 is 0 Å².